The zero-order chi connectivity index (χ0) is 11.5. The summed E-state index contributed by atoms with van der Waals surface area (Å²) in [4.78, 5) is 16.4. The van der Waals surface area contributed by atoms with E-state index in [2.05, 4.69) is 4.98 Å². The molecule has 0 radical (unpaired) electrons. The summed E-state index contributed by atoms with van der Waals surface area (Å²) >= 11 is 0. The first-order chi connectivity index (χ1) is 7.68. The molecule has 0 aliphatic heterocycles. The number of hydrogen-bond acceptors (Lipinski definition) is 1. The second-order valence-electron chi connectivity index (χ2n) is 3.87. The molecule has 0 spiro atoms. The smallest absolute Gasteiger partial charge is 0.254 e. The van der Waals surface area contributed by atoms with Gasteiger partial charge in [-0.15, -0.1) is 12.4 Å². The monoisotopic (exact) mass is 250 g/mol. The van der Waals surface area contributed by atoms with E-state index in [0.717, 1.165) is 11.3 Å². The third-order valence-electron chi connectivity index (χ3n) is 2.42. The predicted octanol–water partition coefficient (Wildman–Crippen LogP) is 2.81. The first-order valence-corrected chi connectivity index (χ1v) is 5.14. The highest BCUT2D eigenvalue weighted by Crippen LogP contribution is 2.18. The van der Waals surface area contributed by atoms with Crippen LogP contribution in [0.4, 0.5) is 0 Å². The molecule has 0 bridgehead atoms. The Balaban J connectivity index is 0.00000144. The molecule has 0 aliphatic rings. The van der Waals surface area contributed by atoms with Crippen LogP contribution < -0.4 is 0 Å². The molecule has 0 saturated carbocycles. The minimum absolute atomic E-state index is 0. The third-order valence-corrected chi connectivity index (χ3v) is 2.42. The van der Waals surface area contributed by atoms with Crippen molar-refractivity contribution in [3.05, 3.63) is 48.2 Å². The Morgan fingerprint density at radius 2 is 1.82 bits per heavy atom. The van der Waals surface area contributed by atoms with E-state index in [0.29, 0.717) is 5.56 Å². The van der Waals surface area contributed by atoms with Gasteiger partial charge in [-0.3, -0.25) is 4.79 Å². The number of carbonyl (C=O) groups excluding carboxylic acids is 1. The SMILES string of the molecule is CN(C)C(=O)c1c[nH]c(-c2ccccc2)c1.Cl. The lowest BCUT2D eigenvalue weighted by Crippen LogP contribution is -2.20. The van der Waals surface area contributed by atoms with E-state index in [-0.39, 0.29) is 18.3 Å². The maximum Gasteiger partial charge on any atom is 0.254 e. The van der Waals surface area contributed by atoms with Crippen LogP contribution in [0.25, 0.3) is 11.3 Å². The summed E-state index contributed by atoms with van der Waals surface area (Å²) in [5.74, 6) is 0.0124. The molecule has 0 aliphatic carbocycles. The minimum atomic E-state index is 0. The fourth-order valence-corrected chi connectivity index (χ4v) is 1.56. The molecule has 4 heteroatoms. The van der Waals surface area contributed by atoms with Crippen molar-refractivity contribution in [2.75, 3.05) is 14.1 Å². The molecular weight excluding hydrogens is 236 g/mol. The number of carbonyl (C=O) groups is 1. The molecule has 1 N–H and O–H groups in total. The maximum absolute atomic E-state index is 11.7. The third kappa shape index (κ3) is 2.88. The molecule has 2 aromatic rings. The summed E-state index contributed by atoms with van der Waals surface area (Å²) in [7, 11) is 3.50. The van der Waals surface area contributed by atoms with Gasteiger partial charge in [-0.25, -0.2) is 0 Å². The Hall–Kier alpha value is -1.74. The number of amides is 1. The van der Waals surface area contributed by atoms with Gasteiger partial charge in [0, 0.05) is 26.0 Å². The summed E-state index contributed by atoms with van der Waals surface area (Å²) in [6.07, 6.45) is 1.74. The van der Waals surface area contributed by atoms with Gasteiger partial charge in [-0.1, -0.05) is 30.3 Å². The lowest BCUT2D eigenvalue weighted by molar-refractivity contribution is 0.0828. The van der Waals surface area contributed by atoms with Gasteiger partial charge in [0.15, 0.2) is 0 Å². The van der Waals surface area contributed by atoms with Crippen LogP contribution in [0.15, 0.2) is 42.6 Å². The van der Waals surface area contributed by atoms with E-state index in [4.69, 9.17) is 0 Å². The van der Waals surface area contributed by atoms with Crippen molar-refractivity contribution < 1.29 is 4.79 Å². The number of benzene rings is 1. The Labute approximate surface area is 107 Å². The molecule has 0 saturated heterocycles. The summed E-state index contributed by atoms with van der Waals surface area (Å²) in [6, 6.07) is 11.8. The minimum Gasteiger partial charge on any atom is -0.360 e. The van der Waals surface area contributed by atoms with Gasteiger partial charge in [-0.2, -0.15) is 0 Å². The Kier molecular flexibility index (Phi) is 4.35. The fraction of sp³-hybridized carbons (Fsp3) is 0.154. The van der Waals surface area contributed by atoms with E-state index in [9.17, 15) is 4.79 Å². The molecule has 1 aromatic heterocycles. The fourth-order valence-electron chi connectivity index (χ4n) is 1.56. The molecule has 0 unspecified atom stereocenters. The molecule has 0 atom stereocenters. The van der Waals surface area contributed by atoms with Crippen LogP contribution in [0.5, 0.6) is 0 Å². The lowest BCUT2D eigenvalue weighted by atomic mass is 10.1. The number of rotatable bonds is 2. The van der Waals surface area contributed by atoms with Crippen molar-refractivity contribution in [1.82, 2.24) is 9.88 Å². The van der Waals surface area contributed by atoms with E-state index in [1.165, 1.54) is 0 Å². The Bertz CT molecular complexity index is 491. The Morgan fingerprint density at radius 1 is 1.18 bits per heavy atom. The second kappa shape index (κ2) is 5.55. The highest BCUT2D eigenvalue weighted by Gasteiger charge is 2.10. The molecule has 1 heterocycles. The van der Waals surface area contributed by atoms with Crippen LogP contribution in [0.2, 0.25) is 0 Å². The Morgan fingerprint density at radius 3 is 2.41 bits per heavy atom. The number of H-pyrrole nitrogens is 1. The number of hydrogen-bond donors (Lipinski definition) is 1. The molecule has 2 rings (SSSR count). The van der Waals surface area contributed by atoms with Gasteiger partial charge in [0.1, 0.15) is 0 Å². The van der Waals surface area contributed by atoms with E-state index >= 15 is 0 Å². The van der Waals surface area contributed by atoms with Crippen LogP contribution in [0, 0.1) is 0 Å². The van der Waals surface area contributed by atoms with Gasteiger partial charge in [-0.05, 0) is 11.6 Å². The van der Waals surface area contributed by atoms with Gasteiger partial charge < -0.3 is 9.88 Å². The molecule has 1 amide bonds. The first-order valence-electron chi connectivity index (χ1n) is 5.14. The molecule has 17 heavy (non-hydrogen) atoms. The van der Waals surface area contributed by atoms with Gasteiger partial charge in [0.2, 0.25) is 0 Å². The van der Waals surface area contributed by atoms with Gasteiger partial charge in [0.05, 0.1) is 5.56 Å². The average Bonchev–Trinajstić information content (AvgIpc) is 2.78. The van der Waals surface area contributed by atoms with Crippen molar-refractivity contribution in [2.45, 2.75) is 0 Å². The quantitative estimate of drug-likeness (QED) is 0.874. The summed E-state index contributed by atoms with van der Waals surface area (Å²) in [6.45, 7) is 0. The van der Waals surface area contributed by atoms with Crippen molar-refractivity contribution in [2.24, 2.45) is 0 Å². The van der Waals surface area contributed by atoms with Crippen molar-refractivity contribution >= 4 is 18.3 Å². The number of nitrogens with zero attached hydrogens (tertiary/aromatic N) is 1. The molecule has 1 aromatic carbocycles. The van der Waals surface area contributed by atoms with Crippen LogP contribution in [-0.4, -0.2) is 29.9 Å². The highest BCUT2D eigenvalue weighted by molar-refractivity contribution is 5.95. The normalized spacial score (nSPS) is 9.53. The van der Waals surface area contributed by atoms with E-state index < -0.39 is 0 Å². The van der Waals surface area contributed by atoms with Gasteiger partial charge in [0.25, 0.3) is 5.91 Å². The molecule has 0 fully saturated rings. The first kappa shape index (κ1) is 13.3. The number of halogens is 1. The highest BCUT2D eigenvalue weighted by atomic mass is 35.5. The standard InChI is InChI=1S/C13H14N2O.ClH/c1-15(2)13(16)11-8-12(14-9-11)10-6-4-3-5-7-10;/h3-9,14H,1-2H3;1H. The molecule has 3 nitrogen and oxygen atoms in total. The predicted molar refractivity (Wildman–Crippen MR) is 71.5 cm³/mol. The zero-order valence-corrected chi connectivity index (χ0v) is 10.6. The van der Waals surface area contributed by atoms with Crippen LogP contribution >= 0.6 is 12.4 Å². The molecular formula is C13H15ClN2O. The van der Waals surface area contributed by atoms with Crippen molar-refractivity contribution in [3.8, 4) is 11.3 Å². The van der Waals surface area contributed by atoms with Gasteiger partial charge >= 0.3 is 0 Å². The van der Waals surface area contributed by atoms with Crippen molar-refractivity contribution in [1.29, 1.82) is 0 Å². The van der Waals surface area contributed by atoms with E-state index in [1.807, 2.05) is 36.4 Å². The summed E-state index contributed by atoms with van der Waals surface area (Å²) in [5, 5.41) is 0. The largest absolute Gasteiger partial charge is 0.360 e. The average molecular weight is 251 g/mol. The zero-order valence-electron chi connectivity index (χ0n) is 9.81. The van der Waals surface area contributed by atoms with Crippen LogP contribution in [-0.2, 0) is 0 Å². The van der Waals surface area contributed by atoms with E-state index in [1.54, 1.807) is 25.2 Å². The number of nitrogens with one attached hydrogen (secondary N) is 1. The summed E-state index contributed by atoms with van der Waals surface area (Å²) < 4.78 is 0. The van der Waals surface area contributed by atoms with Crippen LogP contribution in [0.3, 0.4) is 0 Å². The topological polar surface area (TPSA) is 36.1 Å². The number of aromatic amines is 1. The summed E-state index contributed by atoms with van der Waals surface area (Å²) in [5.41, 5.74) is 2.73. The van der Waals surface area contributed by atoms with Crippen LogP contribution in [0.1, 0.15) is 10.4 Å². The number of aromatic nitrogens is 1. The maximum atomic E-state index is 11.7. The molecule has 90 valence electrons. The lowest BCUT2D eigenvalue weighted by Gasteiger charge is -2.07. The van der Waals surface area contributed by atoms with Crippen molar-refractivity contribution in [3.63, 3.8) is 0 Å². The second-order valence-corrected chi connectivity index (χ2v) is 3.87.